The number of nitrogens with two attached hydrogens (primary N) is 1. The summed E-state index contributed by atoms with van der Waals surface area (Å²) in [5.41, 5.74) is 7.80. The Bertz CT molecular complexity index is 379. The van der Waals surface area contributed by atoms with Gasteiger partial charge in [0.15, 0.2) is 0 Å². The minimum atomic E-state index is -0.0207. The van der Waals surface area contributed by atoms with Crippen LogP contribution in [0.2, 0.25) is 0 Å². The Balaban J connectivity index is 2.60. The summed E-state index contributed by atoms with van der Waals surface area (Å²) in [7, 11) is 1.78. The van der Waals surface area contributed by atoms with E-state index in [0.717, 1.165) is 10.9 Å². The molecule has 1 aromatic carbocycles. The molecule has 0 spiro atoms. The van der Waals surface area contributed by atoms with Crippen LogP contribution in [0.4, 0.5) is 0 Å². The first-order chi connectivity index (χ1) is 7.54. The van der Waals surface area contributed by atoms with Crippen molar-refractivity contribution in [3.8, 4) is 0 Å². The number of hydrogen-bond acceptors (Lipinski definition) is 2. The van der Waals surface area contributed by atoms with Crippen molar-refractivity contribution >= 4 is 21.8 Å². The molecule has 0 saturated carbocycles. The van der Waals surface area contributed by atoms with Gasteiger partial charge in [-0.25, -0.2) is 0 Å². The third kappa shape index (κ3) is 3.61. The van der Waals surface area contributed by atoms with Gasteiger partial charge in [0.2, 0.25) is 5.91 Å². The predicted molar refractivity (Wildman–Crippen MR) is 69.3 cm³/mol. The zero-order valence-electron chi connectivity index (χ0n) is 9.66. The summed E-state index contributed by atoms with van der Waals surface area (Å²) in [5, 5.41) is 0. The molecule has 16 heavy (non-hydrogen) atoms. The SMILES string of the molecule is Cc1ccc(Br)cc1CCN(C)C(=O)CN. The molecule has 4 heteroatoms. The maximum absolute atomic E-state index is 11.3. The molecule has 1 amide bonds. The van der Waals surface area contributed by atoms with Gasteiger partial charge in [-0.05, 0) is 36.6 Å². The zero-order valence-corrected chi connectivity index (χ0v) is 11.3. The smallest absolute Gasteiger partial charge is 0.236 e. The van der Waals surface area contributed by atoms with Gasteiger partial charge in [0, 0.05) is 18.1 Å². The van der Waals surface area contributed by atoms with Crippen LogP contribution in [0.15, 0.2) is 22.7 Å². The normalized spacial score (nSPS) is 10.2. The standard InChI is InChI=1S/C12H17BrN2O/c1-9-3-4-11(13)7-10(9)5-6-15(2)12(16)8-14/h3-4,7H,5-6,8,14H2,1-2H3. The second-order valence-electron chi connectivity index (χ2n) is 3.84. The van der Waals surface area contributed by atoms with Gasteiger partial charge in [-0.2, -0.15) is 0 Å². The number of aryl methyl sites for hydroxylation is 1. The minimum Gasteiger partial charge on any atom is -0.344 e. The van der Waals surface area contributed by atoms with Gasteiger partial charge in [0.25, 0.3) is 0 Å². The molecular weight excluding hydrogens is 268 g/mol. The summed E-state index contributed by atoms with van der Waals surface area (Å²) in [6.45, 7) is 2.85. The van der Waals surface area contributed by atoms with E-state index in [2.05, 4.69) is 35.0 Å². The molecule has 0 unspecified atom stereocenters. The molecule has 0 bridgehead atoms. The van der Waals surface area contributed by atoms with Gasteiger partial charge in [0.1, 0.15) is 0 Å². The predicted octanol–water partition coefficient (Wildman–Crippen LogP) is 1.72. The van der Waals surface area contributed by atoms with Gasteiger partial charge >= 0.3 is 0 Å². The third-order valence-electron chi connectivity index (χ3n) is 2.63. The molecule has 0 aromatic heterocycles. The monoisotopic (exact) mass is 284 g/mol. The number of rotatable bonds is 4. The first-order valence-corrected chi connectivity index (χ1v) is 6.03. The molecule has 2 N–H and O–H groups in total. The summed E-state index contributed by atoms with van der Waals surface area (Å²) in [6.07, 6.45) is 0.855. The van der Waals surface area contributed by atoms with E-state index in [1.807, 2.05) is 6.07 Å². The van der Waals surface area contributed by atoms with Crippen LogP contribution in [0.5, 0.6) is 0 Å². The highest BCUT2D eigenvalue weighted by Gasteiger charge is 2.07. The van der Waals surface area contributed by atoms with Crippen LogP contribution < -0.4 is 5.73 Å². The number of nitrogens with zero attached hydrogens (tertiary/aromatic N) is 1. The summed E-state index contributed by atoms with van der Waals surface area (Å²) < 4.78 is 1.07. The van der Waals surface area contributed by atoms with E-state index in [4.69, 9.17) is 5.73 Å². The van der Waals surface area contributed by atoms with Crippen molar-refractivity contribution in [2.75, 3.05) is 20.1 Å². The Kier molecular flexibility index (Phi) is 4.96. The molecule has 0 aliphatic carbocycles. The van der Waals surface area contributed by atoms with Crippen LogP contribution in [0, 0.1) is 6.92 Å². The maximum atomic E-state index is 11.3. The van der Waals surface area contributed by atoms with Crippen LogP contribution in [-0.4, -0.2) is 30.9 Å². The fourth-order valence-electron chi connectivity index (χ4n) is 1.48. The van der Waals surface area contributed by atoms with Gasteiger partial charge < -0.3 is 10.6 Å². The average molecular weight is 285 g/mol. The van der Waals surface area contributed by atoms with Crippen molar-refractivity contribution in [2.24, 2.45) is 5.73 Å². The van der Waals surface area contributed by atoms with Crippen LogP contribution in [0.3, 0.4) is 0 Å². The third-order valence-corrected chi connectivity index (χ3v) is 3.12. The summed E-state index contributed by atoms with van der Waals surface area (Å²) in [4.78, 5) is 12.9. The van der Waals surface area contributed by atoms with Gasteiger partial charge in [0.05, 0.1) is 6.54 Å². The van der Waals surface area contributed by atoms with Crippen LogP contribution in [0.1, 0.15) is 11.1 Å². The Morgan fingerprint density at radius 2 is 2.19 bits per heavy atom. The quantitative estimate of drug-likeness (QED) is 0.915. The lowest BCUT2D eigenvalue weighted by Crippen LogP contribution is -2.34. The lowest BCUT2D eigenvalue weighted by Gasteiger charge is -2.16. The van der Waals surface area contributed by atoms with Gasteiger partial charge in [-0.15, -0.1) is 0 Å². The molecule has 0 aliphatic heterocycles. The molecule has 0 radical (unpaired) electrons. The van der Waals surface area contributed by atoms with Crippen LogP contribution >= 0.6 is 15.9 Å². The Labute approximate surface area is 105 Å². The van der Waals surface area contributed by atoms with Crippen molar-refractivity contribution < 1.29 is 4.79 Å². The highest BCUT2D eigenvalue weighted by Crippen LogP contribution is 2.16. The lowest BCUT2D eigenvalue weighted by atomic mass is 10.1. The number of carbonyl (C=O) groups is 1. The van der Waals surface area contributed by atoms with E-state index in [0.29, 0.717) is 6.54 Å². The topological polar surface area (TPSA) is 46.3 Å². The molecule has 0 aliphatic rings. The summed E-state index contributed by atoms with van der Waals surface area (Å²) in [5.74, 6) is -0.0207. The van der Waals surface area contributed by atoms with Crippen molar-refractivity contribution in [1.29, 1.82) is 0 Å². The Morgan fingerprint density at radius 3 is 2.81 bits per heavy atom. The molecule has 0 heterocycles. The minimum absolute atomic E-state index is 0.0207. The van der Waals surface area contributed by atoms with E-state index in [9.17, 15) is 4.79 Å². The maximum Gasteiger partial charge on any atom is 0.236 e. The zero-order chi connectivity index (χ0) is 12.1. The van der Waals surface area contributed by atoms with Crippen molar-refractivity contribution in [3.63, 3.8) is 0 Å². The molecule has 88 valence electrons. The van der Waals surface area contributed by atoms with Crippen molar-refractivity contribution in [3.05, 3.63) is 33.8 Å². The van der Waals surface area contributed by atoms with Crippen LogP contribution in [0.25, 0.3) is 0 Å². The van der Waals surface area contributed by atoms with Crippen molar-refractivity contribution in [2.45, 2.75) is 13.3 Å². The highest BCUT2D eigenvalue weighted by atomic mass is 79.9. The first kappa shape index (κ1) is 13.2. The molecule has 0 saturated heterocycles. The number of benzene rings is 1. The number of amides is 1. The molecule has 3 nitrogen and oxygen atoms in total. The average Bonchev–Trinajstić information content (AvgIpc) is 2.28. The second kappa shape index (κ2) is 6.01. The molecule has 1 aromatic rings. The number of hydrogen-bond donors (Lipinski definition) is 1. The highest BCUT2D eigenvalue weighted by molar-refractivity contribution is 9.10. The van der Waals surface area contributed by atoms with E-state index in [1.54, 1.807) is 11.9 Å². The molecule has 0 atom stereocenters. The Morgan fingerprint density at radius 1 is 1.50 bits per heavy atom. The number of carbonyl (C=O) groups excluding carboxylic acids is 1. The molecule has 0 fully saturated rings. The largest absolute Gasteiger partial charge is 0.344 e. The van der Waals surface area contributed by atoms with Crippen molar-refractivity contribution in [1.82, 2.24) is 4.90 Å². The first-order valence-electron chi connectivity index (χ1n) is 5.23. The summed E-state index contributed by atoms with van der Waals surface area (Å²) >= 11 is 3.45. The molecule has 1 rings (SSSR count). The fraction of sp³-hybridized carbons (Fsp3) is 0.417. The fourth-order valence-corrected chi connectivity index (χ4v) is 1.89. The van der Waals surface area contributed by atoms with Crippen LogP contribution in [-0.2, 0) is 11.2 Å². The van der Waals surface area contributed by atoms with E-state index >= 15 is 0 Å². The van der Waals surface area contributed by atoms with Gasteiger partial charge in [-0.1, -0.05) is 22.0 Å². The summed E-state index contributed by atoms with van der Waals surface area (Å²) in [6, 6.07) is 6.19. The van der Waals surface area contributed by atoms with E-state index in [-0.39, 0.29) is 12.5 Å². The van der Waals surface area contributed by atoms with Gasteiger partial charge in [-0.3, -0.25) is 4.79 Å². The van der Waals surface area contributed by atoms with E-state index in [1.165, 1.54) is 11.1 Å². The number of likely N-dealkylation sites (N-methyl/N-ethyl adjacent to an activating group) is 1. The Hall–Kier alpha value is -0.870. The van der Waals surface area contributed by atoms with E-state index < -0.39 is 0 Å². The molecular formula is C12H17BrN2O. The lowest BCUT2D eigenvalue weighted by molar-refractivity contribution is -0.128. The second-order valence-corrected chi connectivity index (χ2v) is 4.76. The number of halogens is 1.